The molecule has 0 aliphatic heterocycles. The Labute approximate surface area is 201 Å². The molecule has 0 aliphatic rings. The summed E-state index contributed by atoms with van der Waals surface area (Å²) >= 11 is 0. The second-order valence-corrected chi connectivity index (χ2v) is 7.91. The van der Waals surface area contributed by atoms with Crippen molar-refractivity contribution >= 4 is 23.6 Å². The largest absolute Gasteiger partial charge is 0.461 e. The Morgan fingerprint density at radius 1 is 0.800 bits per heavy atom. The molecule has 2 heterocycles. The second-order valence-electron chi connectivity index (χ2n) is 7.91. The molecule has 0 saturated carbocycles. The Bertz CT molecular complexity index is 1030. The smallest absolute Gasteiger partial charge is 0.345 e. The van der Waals surface area contributed by atoms with E-state index in [0.29, 0.717) is 24.5 Å². The van der Waals surface area contributed by atoms with Crippen LogP contribution in [0.15, 0.2) is 12.4 Å². The number of nitrogens with zero attached hydrogens (tertiary/aromatic N) is 6. The molecule has 0 spiro atoms. The van der Waals surface area contributed by atoms with Gasteiger partial charge in [-0.25, -0.2) is 14.5 Å². The average Bonchev–Trinajstić information content (AvgIpc) is 3.36. The topological polar surface area (TPSA) is 175 Å². The zero-order valence-electron chi connectivity index (χ0n) is 19.9. The van der Waals surface area contributed by atoms with Crippen LogP contribution in [0.5, 0.6) is 0 Å². The van der Waals surface area contributed by atoms with Gasteiger partial charge in [-0.2, -0.15) is 4.57 Å². The lowest BCUT2D eigenvalue weighted by Gasteiger charge is -2.06. The number of esters is 2. The number of nitro groups is 2. The summed E-state index contributed by atoms with van der Waals surface area (Å²) < 4.78 is 12.9. The van der Waals surface area contributed by atoms with Crippen molar-refractivity contribution in [1.82, 2.24) is 19.1 Å². The number of rotatable bonds is 16. The van der Waals surface area contributed by atoms with Crippen molar-refractivity contribution in [1.29, 1.82) is 0 Å². The van der Waals surface area contributed by atoms with Gasteiger partial charge in [0.05, 0.1) is 0 Å². The SMILES string of the molecule is Cc1ncc([N+](=O)[O-])n1CCOC(=O)CCCCCCCCC(=O)OCn1c([N+](=O)[O-])cnc1C. The standard InChI is InChI=1S/C21H30N6O8/c1-16-22-13-18(26(30)31)24(16)11-12-34-20(28)9-7-5-3-4-6-8-10-21(29)35-15-25-17(2)23-14-19(25)27(32)33/h13-14H,3-12,15H2,1-2H3. The third-order valence-electron chi connectivity index (χ3n) is 5.39. The fourth-order valence-corrected chi connectivity index (χ4v) is 3.42. The first kappa shape index (κ1) is 27.4. The van der Waals surface area contributed by atoms with Crippen LogP contribution in [0.2, 0.25) is 0 Å². The van der Waals surface area contributed by atoms with Gasteiger partial charge in [-0.15, -0.1) is 0 Å². The Hall–Kier alpha value is -3.84. The lowest BCUT2D eigenvalue weighted by atomic mass is 10.1. The minimum absolute atomic E-state index is 0.0424. The highest BCUT2D eigenvalue weighted by Crippen LogP contribution is 2.15. The molecular formula is C21H30N6O8. The van der Waals surface area contributed by atoms with Crippen LogP contribution in [0.25, 0.3) is 0 Å². The molecule has 0 aromatic carbocycles. The summed E-state index contributed by atoms with van der Waals surface area (Å²) in [6.07, 6.45) is 7.60. The molecule has 0 fully saturated rings. The van der Waals surface area contributed by atoms with E-state index in [1.54, 1.807) is 13.8 Å². The van der Waals surface area contributed by atoms with E-state index in [4.69, 9.17) is 9.47 Å². The van der Waals surface area contributed by atoms with Crippen LogP contribution >= 0.6 is 0 Å². The highest BCUT2D eigenvalue weighted by Gasteiger charge is 2.19. The zero-order chi connectivity index (χ0) is 25.8. The maximum atomic E-state index is 11.9. The summed E-state index contributed by atoms with van der Waals surface area (Å²) in [5.74, 6) is -0.252. The summed E-state index contributed by atoms with van der Waals surface area (Å²) in [6, 6.07) is 0. The lowest BCUT2D eigenvalue weighted by Crippen LogP contribution is -2.13. The van der Waals surface area contributed by atoms with E-state index < -0.39 is 15.8 Å². The van der Waals surface area contributed by atoms with Crippen molar-refractivity contribution in [2.24, 2.45) is 0 Å². The summed E-state index contributed by atoms with van der Waals surface area (Å²) in [4.78, 5) is 52.2. The van der Waals surface area contributed by atoms with Gasteiger partial charge in [0.2, 0.25) is 6.73 Å². The van der Waals surface area contributed by atoms with Gasteiger partial charge in [0, 0.05) is 26.7 Å². The van der Waals surface area contributed by atoms with Crippen molar-refractivity contribution in [3.63, 3.8) is 0 Å². The molecule has 0 radical (unpaired) electrons. The van der Waals surface area contributed by atoms with Gasteiger partial charge in [0.15, 0.2) is 11.6 Å². The number of aromatic nitrogens is 4. The Morgan fingerprint density at radius 3 is 1.80 bits per heavy atom. The molecule has 0 amide bonds. The molecule has 0 bridgehead atoms. The molecule has 0 unspecified atom stereocenters. The summed E-state index contributed by atoms with van der Waals surface area (Å²) in [6.45, 7) is 3.22. The van der Waals surface area contributed by atoms with Crippen LogP contribution < -0.4 is 0 Å². The lowest BCUT2D eigenvalue weighted by molar-refractivity contribution is -0.393. The van der Waals surface area contributed by atoms with Crippen LogP contribution in [0.1, 0.15) is 63.0 Å². The minimum Gasteiger partial charge on any atom is -0.461 e. The van der Waals surface area contributed by atoms with Gasteiger partial charge >= 0.3 is 23.6 Å². The zero-order valence-corrected chi connectivity index (χ0v) is 19.9. The monoisotopic (exact) mass is 494 g/mol. The first-order chi connectivity index (χ1) is 16.7. The van der Waals surface area contributed by atoms with Gasteiger partial charge in [-0.3, -0.25) is 9.59 Å². The van der Waals surface area contributed by atoms with Gasteiger partial charge in [0.25, 0.3) is 0 Å². The number of unbranched alkanes of at least 4 members (excludes halogenated alkanes) is 5. The predicted molar refractivity (Wildman–Crippen MR) is 121 cm³/mol. The predicted octanol–water partition coefficient (Wildman–Crippen LogP) is 3.38. The second kappa shape index (κ2) is 13.8. The number of aryl methyl sites for hydroxylation is 2. The molecule has 2 aromatic rings. The van der Waals surface area contributed by atoms with Crippen LogP contribution in [0.3, 0.4) is 0 Å². The molecule has 0 saturated heterocycles. The fraction of sp³-hybridized carbons (Fsp3) is 0.619. The van der Waals surface area contributed by atoms with Gasteiger partial charge in [0.1, 0.15) is 25.5 Å². The summed E-state index contributed by atoms with van der Waals surface area (Å²) in [7, 11) is 0. The van der Waals surface area contributed by atoms with E-state index in [0.717, 1.165) is 31.9 Å². The van der Waals surface area contributed by atoms with Crippen molar-refractivity contribution in [3.8, 4) is 0 Å². The van der Waals surface area contributed by atoms with E-state index in [1.165, 1.54) is 15.3 Å². The van der Waals surface area contributed by atoms with Gasteiger partial charge in [-0.1, -0.05) is 25.7 Å². The van der Waals surface area contributed by atoms with Crippen molar-refractivity contribution in [2.75, 3.05) is 6.61 Å². The van der Waals surface area contributed by atoms with Gasteiger partial charge in [-0.05, 0) is 22.7 Å². The first-order valence-corrected chi connectivity index (χ1v) is 11.3. The summed E-state index contributed by atoms with van der Waals surface area (Å²) in [5.41, 5.74) is 0. The fourth-order valence-electron chi connectivity index (χ4n) is 3.42. The third-order valence-corrected chi connectivity index (χ3v) is 5.39. The van der Waals surface area contributed by atoms with E-state index in [1.807, 2.05) is 0 Å². The average molecular weight is 495 g/mol. The molecule has 14 nitrogen and oxygen atoms in total. The molecule has 14 heteroatoms. The van der Waals surface area contributed by atoms with Crippen molar-refractivity contribution in [3.05, 3.63) is 44.3 Å². The number of hydrogen-bond acceptors (Lipinski definition) is 10. The normalized spacial score (nSPS) is 10.8. The van der Waals surface area contributed by atoms with Gasteiger partial charge < -0.3 is 29.7 Å². The number of hydrogen-bond donors (Lipinski definition) is 0. The van der Waals surface area contributed by atoms with E-state index >= 15 is 0 Å². The maximum Gasteiger partial charge on any atom is 0.345 e. The molecule has 0 N–H and O–H groups in total. The van der Waals surface area contributed by atoms with Crippen LogP contribution in [0.4, 0.5) is 11.6 Å². The van der Waals surface area contributed by atoms with Crippen molar-refractivity contribution in [2.45, 2.75) is 78.5 Å². The molecule has 2 aromatic heterocycles. The Kier molecular flexibility index (Phi) is 10.8. The molecule has 192 valence electrons. The quantitative estimate of drug-likeness (QED) is 0.145. The van der Waals surface area contributed by atoms with E-state index in [-0.39, 0.29) is 50.3 Å². The van der Waals surface area contributed by atoms with Crippen LogP contribution in [-0.4, -0.2) is 47.5 Å². The number of imidazole rings is 2. The maximum absolute atomic E-state index is 11.9. The number of carbonyl (C=O) groups excluding carboxylic acids is 2. The Morgan fingerprint density at radius 2 is 1.26 bits per heavy atom. The third kappa shape index (κ3) is 8.79. The van der Waals surface area contributed by atoms with Crippen LogP contribution in [-0.2, 0) is 32.3 Å². The number of ether oxygens (including phenoxy) is 2. The van der Waals surface area contributed by atoms with Crippen LogP contribution in [0, 0.1) is 34.1 Å². The van der Waals surface area contributed by atoms with Crippen molar-refractivity contribution < 1.29 is 28.9 Å². The molecular weight excluding hydrogens is 464 g/mol. The molecule has 2 rings (SSSR count). The van der Waals surface area contributed by atoms with E-state index in [2.05, 4.69) is 9.97 Å². The van der Waals surface area contributed by atoms with E-state index in [9.17, 15) is 29.8 Å². The summed E-state index contributed by atoms with van der Waals surface area (Å²) in [5, 5.41) is 21.9. The molecule has 0 atom stereocenters. The Balaban J connectivity index is 1.48. The minimum atomic E-state index is -0.579. The highest BCUT2D eigenvalue weighted by molar-refractivity contribution is 5.69. The first-order valence-electron chi connectivity index (χ1n) is 11.3. The molecule has 0 aliphatic carbocycles. The number of carbonyl (C=O) groups is 2. The highest BCUT2D eigenvalue weighted by atomic mass is 16.6. The molecule has 35 heavy (non-hydrogen) atoms.